The van der Waals surface area contributed by atoms with E-state index in [9.17, 15) is 60.7 Å². The molecule has 0 aromatic carbocycles. The van der Waals surface area contributed by atoms with E-state index in [1.165, 1.54) is 14.0 Å². The third kappa shape index (κ3) is 14.6. The summed E-state index contributed by atoms with van der Waals surface area (Å²) in [5.41, 5.74) is -4.59. The topological polar surface area (TPSA) is 393 Å². The van der Waals surface area contributed by atoms with Gasteiger partial charge in [0.2, 0.25) is 0 Å². The molecule has 96 heavy (non-hydrogen) atoms. The minimum Gasteiger partial charge on any atom is -0.462 e. The number of aliphatic hydroxyl groups is 10. The van der Waals surface area contributed by atoms with E-state index in [2.05, 4.69) is 6.92 Å². The third-order valence-electron chi connectivity index (χ3n) is 24.3. The Labute approximate surface area is 562 Å². The average Bonchev–Trinajstić information content (AvgIpc) is 1.47. The number of carbonyl (C=O) groups excluding carboxylic acids is 2. The van der Waals surface area contributed by atoms with Crippen LogP contribution in [0.3, 0.4) is 0 Å². The van der Waals surface area contributed by atoms with Gasteiger partial charge in [-0.3, -0.25) is 9.59 Å². The SMILES string of the molecule is CCC(C)C(=O)OC(C)C1(O)CCC2(O)C3CCC4CC(OC5CC(O)C(OC6CC(OC)C(OC7CC(OC)C(OC8CC(OC)C(OC9OC(CO)C(OC%10OC(CO)C(O)C(O)C%10O)C(O)C9O)C(C)O8)C(C)O7)C(C)O6)C(C)O5)CCC4(C)C3CC(OC(C)=O)C12C. The normalized spacial score (nSPS) is 51.3. The van der Waals surface area contributed by atoms with Gasteiger partial charge in [0, 0.05) is 53.9 Å². The van der Waals surface area contributed by atoms with E-state index < -0.39 is 214 Å². The van der Waals surface area contributed by atoms with Crippen molar-refractivity contribution in [1.29, 1.82) is 0 Å². The summed E-state index contributed by atoms with van der Waals surface area (Å²) in [4.78, 5) is 25.9. The van der Waals surface area contributed by atoms with Crippen LogP contribution in [-0.2, 0) is 90.1 Å². The highest BCUT2D eigenvalue weighted by atomic mass is 16.8. The summed E-state index contributed by atoms with van der Waals surface area (Å²) >= 11 is 0. The molecule has 0 bridgehead atoms. The maximum atomic E-state index is 13.1. The van der Waals surface area contributed by atoms with Crippen LogP contribution in [0.1, 0.15) is 153 Å². The van der Waals surface area contributed by atoms with Gasteiger partial charge in [0.05, 0.1) is 85.1 Å². The van der Waals surface area contributed by atoms with Crippen molar-refractivity contribution in [2.24, 2.45) is 34.5 Å². The number of hydrogen-bond donors (Lipinski definition) is 10. The second kappa shape index (κ2) is 31.1. The number of esters is 2. The predicted molar refractivity (Wildman–Crippen MR) is 329 cm³/mol. The van der Waals surface area contributed by atoms with Crippen LogP contribution in [0, 0.1) is 34.5 Å². The van der Waals surface area contributed by atoms with Crippen molar-refractivity contribution in [2.45, 2.75) is 342 Å². The predicted octanol–water partition coefficient (Wildman–Crippen LogP) is 0.890. The molecule has 4 saturated carbocycles. The molecule has 29 nitrogen and oxygen atoms in total. The first-order chi connectivity index (χ1) is 45.4. The lowest BCUT2D eigenvalue weighted by Gasteiger charge is -2.66. The zero-order valence-corrected chi connectivity index (χ0v) is 57.9. The Balaban J connectivity index is 0.683. The number of methoxy groups -OCH3 is 3. The van der Waals surface area contributed by atoms with E-state index in [1.807, 2.05) is 34.6 Å². The van der Waals surface area contributed by atoms with Crippen molar-refractivity contribution in [2.75, 3.05) is 34.5 Å². The van der Waals surface area contributed by atoms with Gasteiger partial charge in [-0.2, -0.15) is 0 Å². The highest BCUT2D eigenvalue weighted by molar-refractivity contribution is 5.72. The van der Waals surface area contributed by atoms with Crippen molar-refractivity contribution in [3.63, 3.8) is 0 Å². The van der Waals surface area contributed by atoms with Gasteiger partial charge in [-0.1, -0.05) is 27.7 Å². The lowest BCUT2D eigenvalue weighted by molar-refractivity contribution is -0.376. The molecule has 0 spiro atoms. The standard InChI is InChI=1S/C67H112O29/c1-14-29(2)61(77)87-34(7)66(78)19-20-67(79)38-16-15-36-21-37(17-18-64(36,9)39(38)22-46(65(66,67)10)88-35(8)70)89-47-23-40(71)56(30(3)83-47)92-48-24-41(80-11)57(31(4)84-48)93-49-25-42(81-12)58(32(5)85-49)94-50-26-43(82-13)59(33(6)86-50)95-63-55(76)53(74)60(45(28-69)91-63)96-62-54(75)52(73)51(72)44(27-68)90-62/h29-34,36-60,62-63,68-69,71-76,78-79H,14-28H2,1-13H3. The molecule has 6 heterocycles. The largest absolute Gasteiger partial charge is 0.462 e. The van der Waals surface area contributed by atoms with Gasteiger partial charge in [-0.05, 0) is 116 Å². The molecule has 10 aliphatic rings. The first kappa shape index (κ1) is 76.6. The van der Waals surface area contributed by atoms with Gasteiger partial charge in [0.15, 0.2) is 37.7 Å². The Bertz CT molecular complexity index is 2530. The molecule has 0 aromatic heterocycles. The van der Waals surface area contributed by atoms with Crippen LogP contribution in [0.2, 0.25) is 0 Å². The summed E-state index contributed by atoms with van der Waals surface area (Å²) < 4.78 is 105. The summed E-state index contributed by atoms with van der Waals surface area (Å²) in [5, 5.41) is 111. The Morgan fingerprint density at radius 3 is 1.53 bits per heavy atom. The van der Waals surface area contributed by atoms with E-state index in [1.54, 1.807) is 35.0 Å². The number of fused-ring (bicyclic) bond motifs is 5. The van der Waals surface area contributed by atoms with Gasteiger partial charge in [0.25, 0.3) is 0 Å². The Morgan fingerprint density at radius 2 is 1.02 bits per heavy atom. The highest BCUT2D eigenvalue weighted by Crippen LogP contribution is 2.71. The Hall–Kier alpha value is -2.06. The van der Waals surface area contributed by atoms with Crippen LogP contribution < -0.4 is 0 Å². The van der Waals surface area contributed by atoms with Crippen LogP contribution >= 0.6 is 0 Å². The lowest BCUT2D eigenvalue weighted by Crippen LogP contribution is -2.72. The quantitative estimate of drug-likeness (QED) is 0.0531. The third-order valence-corrected chi connectivity index (χ3v) is 24.3. The fraction of sp³-hybridized carbons (Fsp3) is 0.970. The smallest absolute Gasteiger partial charge is 0.309 e. The van der Waals surface area contributed by atoms with Gasteiger partial charge in [-0.25, -0.2) is 0 Å². The molecular weight excluding hydrogens is 1270 g/mol. The number of ether oxygens (including phenoxy) is 17. The van der Waals surface area contributed by atoms with Crippen molar-refractivity contribution in [3.8, 4) is 0 Å². The van der Waals surface area contributed by atoms with E-state index in [0.717, 1.165) is 19.3 Å². The first-order valence-electron chi connectivity index (χ1n) is 35.0. The maximum absolute atomic E-state index is 13.1. The fourth-order valence-corrected chi connectivity index (χ4v) is 18.3. The van der Waals surface area contributed by atoms with Crippen molar-refractivity contribution in [3.05, 3.63) is 0 Å². The van der Waals surface area contributed by atoms with Crippen LogP contribution in [-0.4, -0.2) is 287 Å². The molecule has 10 N–H and O–H groups in total. The Kier molecular flexibility index (Phi) is 24.8. The summed E-state index contributed by atoms with van der Waals surface area (Å²) in [6.45, 7) is 16.6. The van der Waals surface area contributed by atoms with Crippen LogP contribution in [0.5, 0.6) is 0 Å². The summed E-state index contributed by atoms with van der Waals surface area (Å²) in [7, 11) is 4.61. The van der Waals surface area contributed by atoms with E-state index in [4.69, 9.17) is 80.5 Å². The van der Waals surface area contributed by atoms with E-state index in [-0.39, 0.29) is 73.7 Å². The maximum Gasteiger partial charge on any atom is 0.309 e. The average molecular weight is 1380 g/mol. The molecule has 6 aliphatic heterocycles. The number of hydrogen-bond acceptors (Lipinski definition) is 29. The molecule has 554 valence electrons. The lowest BCUT2D eigenvalue weighted by atomic mass is 9.42. The molecule has 6 saturated heterocycles. The second-order valence-electron chi connectivity index (χ2n) is 29.6. The molecule has 29 heteroatoms. The molecule has 37 unspecified atom stereocenters. The van der Waals surface area contributed by atoms with Crippen LogP contribution in [0.25, 0.3) is 0 Å². The van der Waals surface area contributed by atoms with Crippen LogP contribution in [0.4, 0.5) is 0 Å². The highest BCUT2D eigenvalue weighted by Gasteiger charge is 2.77. The summed E-state index contributed by atoms with van der Waals surface area (Å²) in [6.07, 6.45) is -23.4. The summed E-state index contributed by atoms with van der Waals surface area (Å²) in [5.74, 6) is -1.27. The zero-order valence-electron chi connectivity index (χ0n) is 57.9. The molecule has 0 radical (unpaired) electrons. The number of rotatable bonds is 22. The molecular formula is C67H112O29. The molecule has 0 aromatic rings. The van der Waals surface area contributed by atoms with Crippen LogP contribution in [0.15, 0.2) is 0 Å². The van der Waals surface area contributed by atoms with Crippen molar-refractivity contribution in [1.82, 2.24) is 0 Å². The fourth-order valence-electron chi connectivity index (χ4n) is 18.3. The molecule has 4 aliphatic carbocycles. The van der Waals surface area contributed by atoms with Gasteiger partial charge < -0.3 is 132 Å². The van der Waals surface area contributed by atoms with E-state index >= 15 is 0 Å². The van der Waals surface area contributed by atoms with Gasteiger partial charge in [0.1, 0.15) is 91.1 Å². The zero-order chi connectivity index (χ0) is 69.8. The second-order valence-corrected chi connectivity index (χ2v) is 29.6. The molecule has 10 fully saturated rings. The van der Waals surface area contributed by atoms with Crippen molar-refractivity contribution < 1.29 is 141 Å². The monoisotopic (exact) mass is 1380 g/mol. The molecule has 0 amide bonds. The summed E-state index contributed by atoms with van der Waals surface area (Å²) in [6, 6.07) is 0. The minimum atomic E-state index is -1.82. The molecule has 10 rings (SSSR count). The number of aliphatic hydroxyl groups excluding tert-OH is 8. The number of carbonyl (C=O) groups is 2. The van der Waals surface area contributed by atoms with Crippen molar-refractivity contribution >= 4 is 11.9 Å². The molecule has 37 atom stereocenters. The van der Waals surface area contributed by atoms with E-state index in [0.29, 0.717) is 25.7 Å². The Morgan fingerprint density at radius 1 is 0.531 bits per heavy atom. The van der Waals surface area contributed by atoms with Gasteiger partial charge in [-0.15, -0.1) is 0 Å². The van der Waals surface area contributed by atoms with Gasteiger partial charge >= 0.3 is 11.9 Å². The first-order valence-corrected chi connectivity index (χ1v) is 35.0. The minimum absolute atomic E-state index is 0.0258.